The standard InChI is InChI=1S/C23H21ClN4O5/c24-15-6-9-18(27-11-14-2-1-3-19(29)21(14)33-12-20(30)31)17(10-15)23(32)28-16-7-4-13(5-8-16)22(25)26/h1-10,27,29H,11-12H2,(H3,25,26)(H,28,32)(H,30,31). The van der Waals surface area contributed by atoms with Crippen LogP contribution in [0.25, 0.3) is 0 Å². The Labute approximate surface area is 194 Å². The third kappa shape index (κ3) is 6.14. The maximum absolute atomic E-state index is 12.9. The Morgan fingerprint density at radius 2 is 1.82 bits per heavy atom. The van der Waals surface area contributed by atoms with E-state index in [0.717, 1.165) is 0 Å². The van der Waals surface area contributed by atoms with Crippen molar-refractivity contribution in [3.8, 4) is 11.5 Å². The lowest BCUT2D eigenvalue weighted by atomic mass is 10.1. The first-order chi connectivity index (χ1) is 15.7. The topological polar surface area (TPSA) is 158 Å². The van der Waals surface area contributed by atoms with Crippen molar-refractivity contribution in [3.63, 3.8) is 0 Å². The van der Waals surface area contributed by atoms with E-state index in [1.54, 1.807) is 48.5 Å². The van der Waals surface area contributed by atoms with Crippen molar-refractivity contribution in [2.75, 3.05) is 17.2 Å². The Balaban J connectivity index is 1.79. The molecule has 33 heavy (non-hydrogen) atoms. The number of hydrogen-bond acceptors (Lipinski definition) is 6. The zero-order valence-corrected chi connectivity index (χ0v) is 18.0. The summed E-state index contributed by atoms with van der Waals surface area (Å²) in [6.45, 7) is -0.472. The number of phenolic OH excluding ortho intramolecular Hbond substituents is 1. The van der Waals surface area contributed by atoms with Gasteiger partial charge in [-0.2, -0.15) is 0 Å². The summed E-state index contributed by atoms with van der Waals surface area (Å²) >= 11 is 6.10. The summed E-state index contributed by atoms with van der Waals surface area (Å²) in [5, 5.41) is 32.6. The zero-order chi connectivity index (χ0) is 24.0. The summed E-state index contributed by atoms with van der Waals surface area (Å²) < 4.78 is 5.21. The van der Waals surface area contributed by atoms with Gasteiger partial charge in [0.1, 0.15) is 5.84 Å². The van der Waals surface area contributed by atoms with Crippen LogP contribution in [0.2, 0.25) is 5.02 Å². The van der Waals surface area contributed by atoms with Gasteiger partial charge < -0.3 is 31.3 Å². The molecule has 10 heteroatoms. The van der Waals surface area contributed by atoms with E-state index in [2.05, 4.69) is 10.6 Å². The summed E-state index contributed by atoms with van der Waals surface area (Å²) in [6, 6.07) is 15.9. The lowest BCUT2D eigenvalue weighted by Crippen LogP contribution is -2.16. The van der Waals surface area contributed by atoms with E-state index in [0.29, 0.717) is 27.5 Å². The molecule has 1 amide bonds. The van der Waals surface area contributed by atoms with Gasteiger partial charge in [-0.25, -0.2) is 4.79 Å². The number of benzene rings is 3. The van der Waals surface area contributed by atoms with E-state index < -0.39 is 18.5 Å². The van der Waals surface area contributed by atoms with Gasteiger partial charge in [0, 0.05) is 34.1 Å². The molecule has 0 aliphatic carbocycles. The number of nitrogens with two attached hydrogens (primary N) is 1. The molecule has 9 nitrogen and oxygen atoms in total. The van der Waals surface area contributed by atoms with Crippen LogP contribution in [0.3, 0.4) is 0 Å². The molecule has 170 valence electrons. The highest BCUT2D eigenvalue weighted by atomic mass is 35.5. The number of amidine groups is 1. The van der Waals surface area contributed by atoms with Gasteiger partial charge in [0.25, 0.3) is 5.91 Å². The van der Waals surface area contributed by atoms with Crippen LogP contribution in [0.1, 0.15) is 21.5 Å². The Morgan fingerprint density at radius 3 is 2.48 bits per heavy atom. The van der Waals surface area contributed by atoms with Crippen molar-refractivity contribution in [3.05, 3.63) is 82.4 Å². The summed E-state index contributed by atoms with van der Waals surface area (Å²) in [4.78, 5) is 23.7. The first-order valence-electron chi connectivity index (χ1n) is 9.69. The SMILES string of the molecule is N=C(N)c1ccc(NC(=O)c2cc(Cl)ccc2NCc2cccc(O)c2OCC(=O)O)cc1. The molecule has 0 saturated carbocycles. The second-order valence-corrected chi connectivity index (χ2v) is 7.37. The van der Waals surface area contributed by atoms with Crippen LogP contribution < -0.4 is 21.1 Å². The Hall–Kier alpha value is -4.24. The second-order valence-electron chi connectivity index (χ2n) is 6.94. The molecule has 7 N–H and O–H groups in total. The second kappa shape index (κ2) is 10.4. The molecule has 0 atom stereocenters. The average Bonchev–Trinajstić information content (AvgIpc) is 2.77. The van der Waals surface area contributed by atoms with Crippen molar-refractivity contribution in [2.45, 2.75) is 6.54 Å². The highest BCUT2D eigenvalue weighted by molar-refractivity contribution is 6.31. The summed E-state index contributed by atoms with van der Waals surface area (Å²) in [5.41, 5.74) is 7.72. The van der Waals surface area contributed by atoms with E-state index in [1.165, 1.54) is 12.1 Å². The molecule has 0 spiro atoms. The minimum absolute atomic E-state index is 0.0397. The van der Waals surface area contributed by atoms with Gasteiger partial charge in [-0.3, -0.25) is 10.2 Å². The van der Waals surface area contributed by atoms with Gasteiger partial charge in [-0.15, -0.1) is 0 Å². The number of nitrogen functional groups attached to an aromatic ring is 1. The van der Waals surface area contributed by atoms with Crippen molar-refractivity contribution in [1.82, 2.24) is 0 Å². The number of amides is 1. The Kier molecular flexibility index (Phi) is 7.37. The fourth-order valence-corrected chi connectivity index (χ4v) is 3.16. The molecule has 0 bridgehead atoms. The number of halogens is 1. The number of aromatic hydroxyl groups is 1. The van der Waals surface area contributed by atoms with Crippen LogP contribution in [0.15, 0.2) is 60.7 Å². The highest BCUT2D eigenvalue weighted by Gasteiger charge is 2.15. The normalized spacial score (nSPS) is 10.3. The number of phenols is 1. The van der Waals surface area contributed by atoms with E-state index in [-0.39, 0.29) is 29.4 Å². The van der Waals surface area contributed by atoms with E-state index in [9.17, 15) is 14.7 Å². The fraction of sp³-hybridized carbons (Fsp3) is 0.0870. The molecule has 0 unspecified atom stereocenters. The minimum Gasteiger partial charge on any atom is -0.504 e. The molecule has 3 aromatic carbocycles. The van der Waals surface area contributed by atoms with Gasteiger partial charge in [-0.05, 0) is 48.5 Å². The molecule has 0 saturated heterocycles. The largest absolute Gasteiger partial charge is 0.504 e. The quantitative estimate of drug-likeness (QED) is 0.206. The smallest absolute Gasteiger partial charge is 0.341 e. The number of ether oxygens (including phenoxy) is 1. The van der Waals surface area contributed by atoms with Crippen LogP contribution in [0.5, 0.6) is 11.5 Å². The van der Waals surface area contributed by atoms with Crippen molar-refractivity contribution < 1.29 is 24.5 Å². The predicted molar refractivity (Wildman–Crippen MR) is 125 cm³/mol. The number of carbonyl (C=O) groups excluding carboxylic acids is 1. The lowest BCUT2D eigenvalue weighted by Gasteiger charge is -2.16. The number of aliphatic carboxylic acids is 1. The fourth-order valence-electron chi connectivity index (χ4n) is 2.99. The van der Waals surface area contributed by atoms with Crippen molar-refractivity contribution in [2.24, 2.45) is 5.73 Å². The molecule has 0 radical (unpaired) electrons. The van der Waals surface area contributed by atoms with Gasteiger partial charge in [0.15, 0.2) is 18.1 Å². The molecular weight excluding hydrogens is 448 g/mol. The molecule has 0 heterocycles. The van der Waals surface area contributed by atoms with E-state index in [4.69, 9.17) is 32.6 Å². The molecule has 0 fully saturated rings. The van der Waals surface area contributed by atoms with Gasteiger partial charge >= 0.3 is 5.97 Å². The third-order valence-corrected chi connectivity index (χ3v) is 4.80. The number of carboxylic acid groups (broad SMARTS) is 1. The molecule has 0 aromatic heterocycles. The van der Waals surface area contributed by atoms with Crippen molar-refractivity contribution >= 4 is 40.7 Å². The molecule has 3 aromatic rings. The molecular formula is C23H21ClN4O5. The number of rotatable bonds is 9. The third-order valence-electron chi connectivity index (χ3n) is 4.57. The van der Waals surface area contributed by atoms with Gasteiger partial charge in [-0.1, -0.05) is 23.7 Å². The van der Waals surface area contributed by atoms with Gasteiger partial charge in [0.05, 0.1) is 5.56 Å². The van der Waals surface area contributed by atoms with Crippen LogP contribution in [-0.2, 0) is 11.3 Å². The van der Waals surface area contributed by atoms with Crippen LogP contribution in [0.4, 0.5) is 11.4 Å². The predicted octanol–water partition coefficient (Wildman–Crippen LogP) is 3.66. The van der Waals surface area contributed by atoms with Crippen LogP contribution in [0, 0.1) is 5.41 Å². The summed E-state index contributed by atoms with van der Waals surface area (Å²) in [6.07, 6.45) is 0. The Bertz CT molecular complexity index is 1200. The summed E-state index contributed by atoms with van der Waals surface area (Å²) in [7, 11) is 0. The first-order valence-corrected chi connectivity index (χ1v) is 10.1. The molecule has 0 aliphatic rings. The minimum atomic E-state index is -1.18. The summed E-state index contributed by atoms with van der Waals surface area (Å²) in [5.74, 6) is -1.83. The zero-order valence-electron chi connectivity index (χ0n) is 17.3. The maximum atomic E-state index is 12.9. The molecule has 0 aliphatic heterocycles. The average molecular weight is 469 g/mol. The molecule has 3 rings (SSSR count). The highest BCUT2D eigenvalue weighted by Crippen LogP contribution is 2.31. The first kappa shape index (κ1) is 23.4. The van der Waals surface area contributed by atoms with E-state index >= 15 is 0 Å². The number of carboxylic acids is 1. The maximum Gasteiger partial charge on any atom is 0.341 e. The number of anilines is 2. The van der Waals surface area contributed by atoms with Crippen molar-refractivity contribution in [1.29, 1.82) is 5.41 Å². The Morgan fingerprint density at radius 1 is 1.09 bits per heavy atom. The van der Waals surface area contributed by atoms with E-state index in [1.807, 2.05) is 0 Å². The number of para-hydroxylation sites is 1. The number of hydrogen-bond donors (Lipinski definition) is 6. The lowest BCUT2D eigenvalue weighted by molar-refractivity contribution is -0.139. The monoisotopic (exact) mass is 468 g/mol. The van der Waals surface area contributed by atoms with Gasteiger partial charge in [0.2, 0.25) is 0 Å². The number of nitrogens with one attached hydrogen (secondary N) is 3. The van der Waals surface area contributed by atoms with Crippen LogP contribution >= 0.6 is 11.6 Å². The number of carbonyl (C=O) groups is 2. The van der Waals surface area contributed by atoms with Crippen LogP contribution in [-0.4, -0.2) is 34.5 Å².